The van der Waals surface area contributed by atoms with E-state index in [2.05, 4.69) is 15.5 Å². The van der Waals surface area contributed by atoms with Gasteiger partial charge in [0.1, 0.15) is 0 Å². The van der Waals surface area contributed by atoms with Gasteiger partial charge in [-0.3, -0.25) is 4.79 Å². The molecular weight excluding hydrogens is 356 g/mol. The van der Waals surface area contributed by atoms with Crippen molar-refractivity contribution in [1.29, 1.82) is 0 Å². The number of nitrogens with one attached hydrogen (secondary N) is 1. The lowest BCUT2D eigenvalue weighted by Crippen LogP contribution is -2.41. The molecule has 1 amide bonds. The number of methoxy groups -OCH3 is 1. The first-order chi connectivity index (χ1) is 12.5. The lowest BCUT2D eigenvalue weighted by molar-refractivity contribution is -0.120. The zero-order valence-electron chi connectivity index (χ0n) is 14.3. The number of aromatic nitrogens is 2. The second-order valence-corrected chi connectivity index (χ2v) is 7.88. The van der Waals surface area contributed by atoms with Crippen LogP contribution in [0.15, 0.2) is 47.4 Å². The molecule has 0 spiro atoms. The van der Waals surface area contributed by atoms with E-state index in [1.165, 1.54) is 11.4 Å². The number of amides is 1. The third-order valence-electron chi connectivity index (χ3n) is 4.31. The first-order valence-corrected chi connectivity index (χ1v) is 9.68. The van der Waals surface area contributed by atoms with Crippen LogP contribution in [0.5, 0.6) is 5.88 Å². The highest BCUT2D eigenvalue weighted by atomic mass is 32.2. The zero-order valence-corrected chi connectivity index (χ0v) is 15.1. The molecule has 8 nitrogen and oxygen atoms in total. The minimum Gasteiger partial charge on any atom is -0.480 e. The summed E-state index contributed by atoms with van der Waals surface area (Å²) in [5.41, 5.74) is 0. The minimum atomic E-state index is -3.51. The van der Waals surface area contributed by atoms with Crippen LogP contribution in [0.3, 0.4) is 0 Å². The Hall–Kier alpha value is -2.52. The van der Waals surface area contributed by atoms with Crippen LogP contribution in [-0.2, 0) is 14.8 Å². The molecule has 1 fully saturated rings. The Labute approximate surface area is 152 Å². The van der Waals surface area contributed by atoms with Crippen molar-refractivity contribution in [2.75, 3.05) is 25.5 Å². The van der Waals surface area contributed by atoms with Crippen molar-refractivity contribution < 1.29 is 17.9 Å². The van der Waals surface area contributed by atoms with Crippen molar-refractivity contribution in [1.82, 2.24) is 14.5 Å². The highest BCUT2D eigenvalue weighted by Crippen LogP contribution is 2.24. The first kappa shape index (κ1) is 18.3. The largest absolute Gasteiger partial charge is 0.480 e. The molecule has 1 aromatic carbocycles. The number of ether oxygens (including phenoxy) is 1. The first-order valence-electron chi connectivity index (χ1n) is 8.24. The number of carbonyl (C=O) groups is 1. The summed E-state index contributed by atoms with van der Waals surface area (Å²) in [4.78, 5) is 12.6. The summed E-state index contributed by atoms with van der Waals surface area (Å²) >= 11 is 0. The monoisotopic (exact) mass is 376 g/mol. The molecule has 9 heteroatoms. The number of piperidine rings is 1. The maximum atomic E-state index is 12.6. The third kappa shape index (κ3) is 4.00. The second-order valence-electron chi connectivity index (χ2n) is 5.94. The normalized spacial score (nSPS) is 16.2. The number of hydrogen-bond donors (Lipinski definition) is 1. The molecule has 0 saturated carbocycles. The lowest BCUT2D eigenvalue weighted by Gasteiger charge is -2.30. The van der Waals surface area contributed by atoms with Crippen molar-refractivity contribution in [2.24, 2.45) is 5.92 Å². The molecule has 1 aromatic heterocycles. The Bertz CT molecular complexity index is 848. The Kier molecular flexibility index (Phi) is 5.48. The quantitative estimate of drug-likeness (QED) is 0.849. The van der Waals surface area contributed by atoms with E-state index in [0.29, 0.717) is 37.6 Å². The fraction of sp³-hybridized carbons (Fsp3) is 0.353. The van der Waals surface area contributed by atoms with Gasteiger partial charge in [0.15, 0.2) is 5.82 Å². The van der Waals surface area contributed by atoms with Crippen LogP contribution in [0.1, 0.15) is 12.8 Å². The third-order valence-corrected chi connectivity index (χ3v) is 6.22. The fourth-order valence-corrected chi connectivity index (χ4v) is 4.31. The lowest BCUT2D eigenvalue weighted by atomic mass is 9.97. The maximum Gasteiger partial charge on any atom is 0.243 e. The molecule has 0 bridgehead atoms. The van der Waals surface area contributed by atoms with Crippen molar-refractivity contribution in [3.63, 3.8) is 0 Å². The highest BCUT2D eigenvalue weighted by Gasteiger charge is 2.32. The van der Waals surface area contributed by atoms with Gasteiger partial charge >= 0.3 is 0 Å². The van der Waals surface area contributed by atoms with E-state index in [0.717, 1.165) is 0 Å². The van der Waals surface area contributed by atoms with Crippen molar-refractivity contribution in [3.8, 4) is 5.88 Å². The number of rotatable bonds is 5. The number of carbonyl (C=O) groups excluding carboxylic acids is 1. The molecule has 138 valence electrons. The molecule has 2 heterocycles. The summed E-state index contributed by atoms with van der Waals surface area (Å²) in [6, 6.07) is 11.5. The van der Waals surface area contributed by atoms with Crippen LogP contribution in [0.2, 0.25) is 0 Å². The topological polar surface area (TPSA) is 101 Å². The summed E-state index contributed by atoms with van der Waals surface area (Å²) in [7, 11) is -2.03. The zero-order chi connectivity index (χ0) is 18.6. The van der Waals surface area contributed by atoms with Gasteiger partial charge in [-0.25, -0.2) is 8.42 Å². The Morgan fingerprint density at radius 3 is 2.38 bits per heavy atom. The molecule has 1 aliphatic rings. The standard InChI is InChI=1S/C17H20N4O4S/c1-25-16-8-7-15(19-20-16)18-17(22)13-9-11-21(12-10-13)26(23,24)14-5-3-2-4-6-14/h2-8,13H,9-12H2,1H3,(H,18,19,22). The molecule has 1 N–H and O–H groups in total. The van der Waals surface area contributed by atoms with E-state index in [4.69, 9.17) is 4.74 Å². The van der Waals surface area contributed by atoms with Crippen LogP contribution in [-0.4, -0.2) is 49.0 Å². The summed E-state index contributed by atoms with van der Waals surface area (Å²) < 4.78 is 31.6. The van der Waals surface area contributed by atoms with Gasteiger partial charge in [-0.05, 0) is 31.0 Å². The molecule has 2 aromatic rings. The molecule has 0 aliphatic carbocycles. The summed E-state index contributed by atoms with van der Waals surface area (Å²) in [6.07, 6.45) is 0.920. The fourth-order valence-electron chi connectivity index (χ4n) is 2.82. The molecule has 3 rings (SSSR count). The Balaban J connectivity index is 1.58. The number of benzene rings is 1. The van der Waals surface area contributed by atoms with Gasteiger partial charge in [-0.15, -0.1) is 10.2 Å². The van der Waals surface area contributed by atoms with E-state index >= 15 is 0 Å². The second kappa shape index (κ2) is 7.79. The van der Waals surface area contributed by atoms with Crippen LogP contribution < -0.4 is 10.1 Å². The van der Waals surface area contributed by atoms with E-state index in [9.17, 15) is 13.2 Å². The predicted octanol–water partition coefficient (Wildman–Crippen LogP) is 1.52. The van der Waals surface area contributed by atoms with Crippen molar-refractivity contribution in [2.45, 2.75) is 17.7 Å². The van der Waals surface area contributed by atoms with Gasteiger partial charge in [0.25, 0.3) is 0 Å². The van der Waals surface area contributed by atoms with Gasteiger partial charge < -0.3 is 10.1 Å². The van der Waals surface area contributed by atoms with Gasteiger partial charge in [0.05, 0.1) is 12.0 Å². The number of nitrogens with zero attached hydrogens (tertiary/aromatic N) is 3. The Morgan fingerprint density at radius 1 is 1.12 bits per heavy atom. The van der Waals surface area contributed by atoms with E-state index < -0.39 is 10.0 Å². The van der Waals surface area contributed by atoms with Gasteiger partial charge in [0.2, 0.25) is 21.8 Å². The molecule has 0 unspecified atom stereocenters. The predicted molar refractivity (Wildman–Crippen MR) is 95.1 cm³/mol. The van der Waals surface area contributed by atoms with Crippen LogP contribution in [0, 0.1) is 5.92 Å². The average Bonchev–Trinajstić information content (AvgIpc) is 2.69. The van der Waals surface area contributed by atoms with E-state index in [1.54, 1.807) is 42.5 Å². The van der Waals surface area contributed by atoms with E-state index in [-0.39, 0.29) is 16.7 Å². The SMILES string of the molecule is COc1ccc(NC(=O)C2CCN(S(=O)(=O)c3ccccc3)CC2)nn1. The Morgan fingerprint density at radius 2 is 1.81 bits per heavy atom. The molecular formula is C17H20N4O4S. The maximum absolute atomic E-state index is 12.6. The molecule has 26 heavy (non-hydrogen) atoms. The number of sulfonamides is 1. The molecule has 1 aliphatic heterocycles. The molecule has 0 atom stereocenters. The number of hydrogen-bond acceptors (Lipinski definition) is 6. The average molecular weight is 376 g/mol. The number of anilines is 1. The van der Waals surface area contributed by atoms with Gasteiger partial charge in [-0.1, -0.05) is 18.2 Å². The summed E-state index contributed by atoms with van der Waals surface area (Å²) in [5, 5.41) is 10.4. The van der Waals surface area contributed by atoms with Gasteiger partial charge in [0, 0.05) is 25.1 Å². The van der Waals surface area contributed by atoms with Crippen molar-refractivity contribution in [3.05, 3.63) is 42.5 Å². The molecule has 1 saturated heterocycles. The van der Waals surface area contributed by atoms with E-state index in [1.807, 2.05) is 0 Å². The molecule has 0 radical (unpaired) electrons. The van der Waals surface area contributed by atoms with Crippen molar-refractivity contribution >= 4 is 21.7 Å². The summed E-state index contributed by atoms with van der Waals surface area (Å²) in [6.45, 7) is 0.618. The minimum absolute atomic E-state index is 0.179. The smallest absolute Gasteiger partial charge is 0.243 e. The van der Waals surface area contributed by atoms with Crippen LogP contribution >= 0.6 is 0 Å². The summed E-state index contributed by atoms with van der Waals surface area (Å²) in [5.74, 6) is 0.264. The van der Waals surface area contributed by atoms with Gasteiger partial charge in [-0.2, -0.15) is 4.31 Å². The highest BCUT2D eigenvalue weighted by molar-refractivity contribution is 7.89. The van der Waals surface area contributed by atoms with Crippen LogP contribution in [0.4, 0.5) is 5.82 Å². The van der Waals surface area contributed by atoms with Crippen LogP contribution in [0.25, 0.3) is 0 Å².